The van der Waals surface area contributed by atoms with Crippen LogP contribution < -0.4 is 14.4 Å². The Balaban J connectivity index is 1.77. The van der Waals surface area contributed by atoms with Crippen LogP contribution in [0.3, 0.4) is 0 Å². The van der Waals surface area contributed by atoms with Gasteiger partial charge in [-0.25, -0.2) is 8.42 Å². The van der Waals surface area contributed by atoms with Gasteiger partial charge in [-0.05, 0) is 73.4 Å². The summed E-state index contributed by atoms with van der Waals surface area (Å²) in [6, 6.07) is 31.0. The van der Waals surface area contributed by atoms with Crippen molar-refractivity contribution in [3.05, 3.63) is 126 Å². The normalized spacial score (nSPS) is 11.8. The molecule has 0 saturated carbocycles. The summed E-state index contributed by atoms with van der Waals surface area (Å²) in [6.07, 6.45) is 1.00. The number of carbonyl (C=O) groups excluding carboxylic acids is 2. The summed E-state index contributed by atoms with van der Waals surface area (Å²) in [4.78, 5) is 29.8. The molecule has 0 radical (unpaired) electrons. The van der Waals surface area contributed by atoms with Crippen LogP contribution in [0.4, 0.5) is 5.69 Å². The molecule has 0 spiro atoms. The Bertz CT molecular complexity index is 1650. The number of sulfonamides is 1. The second kappa shape index (κ2) is 15.9. The van der Waals surface area contributed by atoms with E-state index in [1.54, 1.807) is 42.5 Å². The van der Waals surface area contributed by atoms with E-state index in [4.69, 9.17) is 4.74 Å². The number of amides is 2. The molecule has 4 rings (SSSR count). The molecule has 0 aliphatic heterocycles. The molecule has 0 unspecified atom stereocenters. The van der Waals surface area contributed by atoms with E-state index >= 15 is 0 Å². The topological polar surface area (TPSA) is 96.0 Å². The molecule has 236 valence electrons. The Kier molecular flexibility index (Phi) is 11.8. The highest BCUT2D eigenvalue weighted by Gasteiger charge is 2.34. The molecule has 0 aromatic heterocycles. The molecule has 0 heterocycles. The number of anilines is 1. The third kappa shape index (κ3) is 8.73. The average Bonchev–Trinajstić information content (AvgIpc) is 3.06. The van der Waals surface area contributed by atoms with Crippen LogP contribution in [-0.4, -0.2) is 50.9 Å². The average molecular weight is 628 g/mol. The number of para-hydroxylation sites is 1. The number of carbonyl (C=O) groups is 2. The minimum atomic E-state index is -4.18. The van der Waals surface area contributed by atoms with Crippen LogP contribution in [0, 0.1) is 6.92 Å². The standard InChI is InChI=1S/C36H41N3O5S/c1-4-24-37-36(41)34(25-29-15-8-6-9-16-29)38(26-30-17-13-12-14-28(30)3)35(40)27-39(31-18-10-7-11-19-31)45(42,43)33-22-20-32(21-23-33)44-5-2/h6-23,34H,4-5,24-27H2,1-3H3,(H,37,41)/t34-/m1/s1. The number of hydrogen-bond acceptors (Lipinski definition) is 5. The van der Waals surface area contributed by atoms with Gasteiger partial charge in [0.2, 0.25) is 11.8 Å². The lowest BCUT2D eigenvalue weighted by atomic mass is 10.0. The molecule has 2 amide bonds. The maximum atomic E-state index is 14.5. The van der Waals surface area contributed by atoms with E-state index in [-0.39, 0.29) is 23.8 Å². The summed E-state index contributed by atoms with van der Waals surface area (Å²) in [5.41, 5.74) is 3.06. The molecule has 45 heavy (non-hydrogen) atoms. The Morgan fingerprint density at radius 1 is 0.822 bits per heavy atom. The van der Waals surface area contributed by atoms with Crippen LogP contribution in [0.2, 0.25) is 0 Å². The van der Waals surface area contributed by atoms with Crippen LogP contribution in [-0.2, 0) is 32.6 Å². The van der Waals surface area contributed by atoms with E-state index in [0.717, 1.165) is 27.4 Å². The van der Waals surface area contributed by atoms with Gasteiger partial charge in [0.25, 0.3) is 10.0 Å². The Hall–Kier alpha value is -4.63. The minimum Gasteiger partial charge on any atom is -0.494 e. The van der Waals surface area contributed by atoms with E-state index in [9.17, 15) is 18.0 Å². The van der Waals surface area contributed by atoms with E-state index in [2.05, 4.69) is 5.32 Å². The third-order valence-electron chi connectivity index (χ3n) is 7.47. The van der Waals surface area contributed by atoms with Crippen molar-refractivity contribution in [3.63, 3.8) is 0 Å². The molecule has 0 fully saturated rings. The van der Waals surface area contributed by atoms with Gasteiger partial charge in [0, 0.05) is 19.5 Å². The lowest BCUT2D eigenvalue weighted by Gasteiger charge is -2.34. The first-order chi connectivity index (χ1) is 21.7. The molecule has 0 aliphatic carbocycles. The lowest BCUT2D eigenvalue weighted by Crippen LogP contribution is -2.53. The molecular formula is C36H41N3O5S. The highest BCUT2D eigenvalue weighted by atomic mass is 32.2. The lowest BCUT2D eigenvalue weighted by molar-refractivity contribution is -0.140. The SMILES string of the molecule is CCCNC(=O)[C@@H](Cc1ccccc1)N(Cc1ccccc1C)C(=O)CN(c1ccccc1)S(=O)(=O)c1ccc(OCC)cc1. The van der Waals surface area contributed by atoms with Crippen LogP contribution in [0.5, 0.6) is 5.75 Å². The third-order valence-corrected chi connectivity index (χ3v) is 9.26. The van der Waals surface area contributed by atoms with Crippen molar-refractivity contribution in [2.24, 2.45) is 0 Å². The molecule has 0 saturated heterocycles. The highest BCUT2D eigenvalue weighted by Crippen LogP contribution is 2.26. The molecular weight excluding hydrogens is 586 g/mol. The largest absolute Gasteiger partial charge is 0.494 e. The quantitative estimate of drug-likeness (QED) is 0.181. The minimum absolute atomic E-state index is 0.0228. The maximum absolute atomic E-state index is 14.5. The van der Waals surface area contributed by atoms with Gasteiger partial charge in [-0.15, -0.1) is 0 Å². The molecule has 4 aromatic rings. The van der Waals surface area contributed by atoms with Gasteiger partial charge in [-0.1, -0.05) is 79.7 Å². The molecule has 1 N–H and O–H groups in total. The summed E-state index contributed by atoms with van der Waals surface area (Å²) in [7, 11) is -4.18. The van der Waals surface area contributed by atoms with Gasteiger partial charge in [-0.2, -0.15) is 0 Å². The Morgan fingerprint density at radius 2 is 1.44 bits per heavy atom. The zero-order valence-electron chi connectivity index (χ0n) is 26.1. The van der Waals surface area contributed by atoms with Crippen molar-refractivity contribution >= 4 is 27.5 Å². The fourth-order valence-electron chi connectivity index (χ4n) is 5.02. The monoisotopic (exact) mass is 627 g/mol. The first kappa shape index (κ1) is 33.3. The van der Waals surface area contributed by atoms with Crippen molar-refractivity contribution in [2.45, 2.75) is 51.1 Å². The molecule has 9 heteroatoms. The second-order valence-electron chi connectivity index (χ2n) is 10.7. The number of nitrogens with zero attached hydrogens (tertiary/aromatic N) is 2. The van der Waals surface area contributed by atoms with Crippen LogP contribution in [0.15, 0.2) is 114 Å². The van der Waals surface area contributed by atoms with Crippen LogP contribution in [0.25, 0.3) is 0 Å². The van der Waals surface area contributed by atoms with Crippen molar-refractivity contribution in [1.82, 2.24) is 10.2 Å². The van der Waals surface area contributed by atoms with Crippen molar-refractivity contribution in [2.75, 3.05) is 24.0 Å². The predicted octanol–water partition coefficient (Wildman–Crippen LogP) is 5.76. The number of hydrogen-bond donors (Lipinski definition) is 1. The zero-order valence-corrected chi connectivity index (χ0v) is 26.9. The van der Waals surface area contributed by atoms with Crippen LogP contribution >= 0.6 is 0 Å². The second-order valence-corrected chi connectivity index (χ2v) is 12.6. The summed E-state index contributed by atoms with van der Waals surface area (Å²) in [5, 5.41) is 2.97. The summed E-state index contributed by atoms with van der Waals surface area (Å²) in [6.45, 7) is 6.30. The van der Waals surface area contributed by atoms with Gasteiger partial charge >= 0.3 is 0 Å². The van der Waals surface area contributed by atoms with E-state index < -0.39 is 28.5 Å². The molecule has 0 aliphatic rings. The van der Waals surface area contributed by atoms with Crippen molar-refractivity contribution in [1.29, 1.82) is 0 Å². The number of nitrogens with one attached hydrogen (secondary N) is 1. The molecule has 8 nitrogen and oxygen atoms in total. The Morgan fingerprint density at radius 3 is 2.07 bits per heavy atom. The maximum Gasteiger partial charge on any atom is 0.264 e. The summed E-state index contributed by atoms with van der Waals surface area (Å²) < 4.78 is 34.9. The molecule has 4 aromatic carbocycles. The van der Waals surface area contributed by atoms with Gasteiger partial charge in [0.1, 0.15) is 18.3 Å². The predicted molar refractivity (Wildman–Crippen MR) is 178 cm³/mol. The van der Waals surface area contributed by atoms with Crippen LogP contribution in [0.1, 0.15) is 37.0 Å². The van der Waals surface area contributed by atoms with E-state index in [1.807, 2.05) is 75.4 Å². The van der Waals surface area contributed by atoms with Gasteiger partial charge < -0.3 is 15.0 Å². The fourth-order valence-corrected chi connectivity index (χ4v) is 6.43. The van der Waals surface area contributed by atoms with E-state index in [1.165, 1.54) is 17.0 Å². The first-order valence-corrected chi connectivity index (χ1v) is 16.6. The number of ether oxygens (including phenoxy) is 1. The number of benzene rings is 4. The number of rotatable bonds is 15. The van der Waals surface area contributed by atoms with Crippen molar-refractivity contribution in [3.8, 4) is 5.75 Å². The van der Waals surface area contributed by atoms with Gasteiger partial charge in [-0.3, -0.25) is 13.9 Å². The van der Waals surface area contributed by atoms with Gasteiger partial charge in [0.05, 0.1) is 17.2 Å². The van der Waals surface area contributed by atoms with E-state index in [0.29, 0.717) is 24.6 Å². The van der Waals surface area contributed by atoms with Crippen molar-refractivity contribution < 1.29 is 22.7 Å². The number of aryl methyl sites for hydroxylation is 1. The molecule has 0 bridgehead atoms. The summed E-state index contributed by atoms with van der Waals surface area (Å²) in [5.74, 6) is -0.238. The summed E-state index contributed by atoms with van der Waals surface area (Å²) >= 11 is 0. The Labute approximate surface area is 266 Å². The molecule has 1 atom stereocenters. The smallest absolute Gasteiger partial charge is 0.264 e. The fraction of sp³-hybridized carbons (Fsp3) is 0.278. The first-order valence-electron chi connectivity index (χ1n) is 15.2. The zero-order chi connectivity index (χ0) is 32.2. The van der Waals surface area contributed by atoms with Gasteiger partial charge in [0.15, 0.2) is 0 Å². The highest BCUT2D eigenvalue weighted by molar-refractivity contribution is 7.92.